The van der Waals surface area contributed by atoms with Crippen molar-refractivity contribution in [2.45, 2.75) is 6.42 Å². The van der Waals surface area contributed by atoms with Gasteiger partial charge in [0.2, 0.25) is 0 Å². The number of methoxy groups -OCH3 is 1. The molecule has 0 aliphatic heterocycles. The van der Waals surface area contributed by atoms with Gasteiger partial charge in [-0.05, 0) is 18.2 Å². The lowest BCUT2D eigenvalue weighted by Gasteiger charge is -2.01. The Morgan fingerprint density at radius 3 is 3.05 bits per heavy atom. The molecule has 0 radical (unpaired) electrons. The number of nitrogens with zero attached hydrogens (tertiary/aromatic N) is 2. The second-order valence-electron chi connectivity index (χ2n) is 4.29. The summed E-state index contributed by atoms with van der Waals surface area (Å²) >= 11 is 3.42. The monoisotopic (exact) mass is 321 g/mol. The maximum atomic E-state index is 12.0. The van der Waals surface area contributed by atoms with E-state index in [1.807, 2.05) is 18.2 Å². The molecule has 5 nitrogen and oxygen atoms in total. The van der Waals surface area contributed by atoms with Gasteiger partial charge in [-0.15, -0.1) is 0 Å². The van der Waals surface area contributed by atoms with Crippen molar-refractivity contribution < 1.29 is 4.74 Å². The molecule has 3 rings (SSSR count). The van der Waals surface area contributed by atoms with Gasteiger partial charge in [0, 0.05) is 24.1 Å². The Kier molecular flexibility index (Phi) is 3.12. The Labute approximate surface area is 117 Å². The van der Waals surface area contributed by atoms with Gasteiger partial charge >= 0.3 is 0 Å². The number of fused-ring (bicyclic) bond motifs is 3. The van der Waals surface area contributed by atoms with E-state index in [0.717, 1.165) is 22.1 Å². The molecule has 0 spiro atoms. The highest BCUT2D eigenvalue weighted by molar-refractivity contribution is 9.10. The van der Waals surface area contributed by atoms with Crippen LogP contribution in [-0.4, -0.2) is 28.3 Å². The fourth-order valence-corrected chi connectivity index (χ4v) is 2.44. The van der Waals surface area contributed by atoms with E-state index in [4.69, 9.17) is 4.74 Å². The van der Waals surface area contributed by atoms with Crippen molar-refractivity contribution in [3.63, 3.8) is 0 Å². The van der Waals surface area contributed by atoms with Crippen LogP contribution < -0.4 is 5.56 Å². The van der Waals surface area contributed by atoms with Crippen molar-refractivity contribution in [3.05, 3.63) is 44.8 Å². The molecule has 0 saturated carbocycles. The van der Waals surface area contributed by atoms with Gasteiger partial charge in [-0.3, -0.25) is 4.79 Å². The Hall–Kier alpha value is -1.66. The molecule has 0 saturated heterocycles. The Morgan fingerprint density at radius 2 is 2.26 bits per heavy atom. The standard InChI is InChI=1S/C13H12BrN3O2/c1-19-5-4-9-7-12-15-13(18)10-3-2-8(14)6-11(10)17(12)16-9/h2-3,6-7H,4-5H2,1H3,(H,15,18). The molecule has 98 valence electrons. The number of aromatic nitrogens is 3. The normalized spacial score (nSPS) is 11.5. The van der Waals surface area contributed by atoms with Gasteiger partial charge < -0.3 is 9.72 Å². The maximum Gasteiger partial charge on any atom is 0.259 e. The minimum absolute atomic E-state index is 0.104. The molecule has 0 aliphatic rings. The summed E-state index contributed by atoms with van der Waals surface area (Å²) in [4.78, 5) is 14.8. The Bertz CT molecular complexity index is 807. The first-order valence-corrected chi connectivity index (χ1v) is 6.67. The highest BCUT2D eigenvalue weighted by Gasteiger charge is 2.08. The van der Waals surface area contributed by atoms with Crippen LogP contribution in [0.4, 0.5) is 0 Å². The summed E-state index contributed by atoms with van der Waals surface area (Å²) in [5.74, 6) is 0. The average Bonchev–Trinajstić information content (AvgIpc) is 2.79. The number of benzene rings is 1. The lowest BCUT2D eigenvalue weighted by Crippen LogP contribution is -2.09. The molecule has 0 atom stereocenters. The quantitative estimate of drug-likeness (QED) is 0.804. The number of hydrogen-bond donors (Lipinski definition) is 1. The molecule has 6 heteroatoms. The molecule has 0 fully saturated rings. The predicted octanol–water partition coefficient (Wildman–Crippen LogP) is 2.13. The zero-order valence-electron chi connectivity index (χ0n) is 10.3. The summed E-state index contributed by atoms with van der Waals surface area (Å²) in [6, 6.07) is 7.40. The molecule has 1 N–H and O–H groups in total. The molecule has 3 aromatic rings. The van der Waals surface area contributed by atoms with Crippen LogP contribution in [0.25, 0.3) is 16.6 Å². The molecule has 2 aromatic heterocycles. The summed E-state index contributed by atoms with van der Waals surface area (Å²) in [6.07, 6.45) is 0.718. The van der Waals surface area contributed by atoms with Gasteiger partial charge in [-0.1, -0.05) is 15.9 Å². The van der Waals surface area contributed by atoms with E-state index in [1.54, 1.807) is 17.7 Å². The van der Waals surface area contributed by atoms with Crippen molar-refractivity contribution in [2.24, 2.45) is 0 Å². The van der Waals surface area contributed by atoms with Crippen LogP contribution in [0.1, 0.15) is 5.69 Å². The number of aromatic amines is 1. The fourth-order valence-electron chi connectivity index (χ4n) is 2.09. The van der Waals surface area contributed by atoms with Crippen molar-refractivity contribution in [1.29, 1.82) is 0 Å². The summed E-state index contributed by atoms with van der Waals surface area (Å²) in [6.45, 7) is 0.607. The van der Waals surface area contributed by atoms with Crippen LogP contribution >= 0.6 is 15.9 Å². The molecular formula is C13H12BrN3O2. The molecule has 1 aromatic carbocycles. The zero-order chi connectivity index (χ0) is 13.4. The SMILES string of the molecule is COCCc1cc2[nH]c(=O)c3ccc(Br)cc3n2n1. The number of H-pyrrole nitrogens is 1. The second kappa shape index (κ2) is 4.79. The van der Waals surface area contributed by atoms with Crippen LogP contribution in [0.3, 0.4) is 0 Å². The van der Waals surface area contributed by atoms with E-state index in [2.05, 4.69) is 26.0 Å². The highest BCUT2D eigenvalue weighted by atomic mass is 79.9. The minimum atomic E-state index is -0.104. The average molecular weight is 322 g/mol. The number of nitrogens with one attached hydrogen (secondary N) is 1. The number of ether oxygens (including phenoxy) is 1. The number of rotatable bonds is 3. The van der Waals surface area contributed by atoms with Gasteiger partial charge in [0.25, 0.3) is 5.56 Å². The predicted molar refractivity (Wildman–Crippen MR) is 76.6 cm³/mol. The fraction of sp³-hybridized carbons (Fsp3) is 0.231. The van der Waals surface area contributed by atoms with Crippen LogP contribution in [0.5, 0.6) is 0 Å². The van der Waals surface area contributed by atoms with E-state index in [-0.39, 0.29) is 5.56 Å². The van der Waals surface area contributed by atoms with Gasteiger partial charge in [-0.2, -0.15) is 5.10 Å². The summed E-state index contributed by atoms with van der Waals surface area (Å²) in [5, 5.41) is 5.13. The molecule has 2 heterocycles. The molecule has 0 aliphatic carbocycles. The topological polar surface area (TPSA) is 59.4 Å². The third-order valence-electron chi connectivity index (χ3n) is 3.00. The second-order valence-corrected chi connectivity index (χ2v) is 5.21. The molecule has 0 unspecified atom stereocenters. The number of halogens is 1. The van der Waals surface area contributed by atoms with Crippen molar-refractivity contribution in [2.75, 3.05) is 13.7 Å². The first-order valence-electron chi connectivity index (χ1n) is 5.88. The van der Waals surface area contributed by atoms with E-state index in [1.165, 1.54) is 0 Å². The molecule has 0 amide bonds. The Morgan fingerprint density at radius 1 is 1.42 bits per heavy atom. The summed E-state index contributed by atoms with van der Waals surface area (Å²) in [5.41, 5.74) is 2.27. The van der Waals surface area contributed by atoms with Crippen LogP contribution in [-0.2, 0) is 11.2 Å². The lowest BCUT2D eigenvalue weighted by molar-refractivity contribution is 0.201. The van der Waals surface area contributed by atoms with Crippen molar-refractivity contribution in [1.82, 2.24) is 14.6 Å². The van der Waals surface area contributed by atoms with Crippen LogP contribution in [0.2, 0.25) is 0 Å². The van der Waals surface area contributed by atoms with Gasteiger partial charge in [-0.25, -0.2) is 4.52 Å². The first kappa shape index (κ1) is 12.4. The van der Waals surface area contributed by atoms with Crippen LogP contribution in [0.15, 0.2) is 33.5 Å². The number of hydrogen-bond acceptors (Lipinski definition) is 3. The molecule has 0 bridgehead atoms. The van der Waals surface area contributed by atoms with Crippen molar-refractivity contribution >= 4 is 32.5 Å². The van der Waals surface area contributed by atoms with Crippen molar-refractivity contribution in [3.8, 4) is 0 Å². The zero-order valence-corrected chi connectivity index (χ0v) is 11.9. The smallest absolute Gasteiger partial charge is 0.259 e. The van der Waals surface area contributed by atoms with E-state index < -0.39 is 0 Å². The van der Waals surface area contributed by atoms with E-state index in [0.29, 0.717) is 17.6 Å². The largest absolute Gasteiger partial charge is 0.384 e. The molecular weight excluding hydrogens is 310 g/mol. The van der Waals surface area contributed by atoms with Gasteiger partial charge in [0.1, 0.15) is 5.65 Å². The third-order valence-corrected chi connectivity index (χ3v) is 3.49. The third kappa shape index (κ3) is 2.17. The molecule has 19 heavy (non-hydrogen) atoms. The van der Waals surface area contributed by atoms with Gasteiger partial charge in [0.05, 0.1) is 23.2 Å². The Balaban J connectivity index is 2.28. The summed E-state index contributed by atoms with van der Waals surface area (Å²) < 4.78 is 7.72. The van der Waals surface area contributed by atoms with Crippen LogP contribution in [0, 0.1) is 0 Å². The lowest BCUT2D eigenvalue weighted by atomic mass is 10.2. The summed E-state index contributed by atoms with van der Waals surface area (Å²) in [7, 11) is 1.66. The first-order chi connectivity index (χ1) is 9.19. The maximum absolute atomic E-state index is 12.0. The minimum Gasteiger partial charge on any atom is -0.384 e. The van der Waals surface area contributed by atoms with Gasteiger partial charge in [0.15, 0.2) is 0 Å². The highest BCUT2D eigenvalue weighted by Crippen LogP contribution is 2.18. The van der Waals surface area contributed by atoms with E-state index >= 15 is 0 Å². The van der Waals surface area contributed by atoms with E-state index in [9.17, 15) is 4.79 Å².